The lowest BCUT2D eigenvalue weighted by Gasteiger charge is -2.31. The minimum atomic E-state index is -0.406. The first-order chi connectivity index (χ1) is 10.8. The number of nitrogens with zero attached hydrogens (tertiary/aromatic N) is 1. The maximum absolute atomic E-state index is 11.7. The standard InChI is InChI=1S/C18H20N2O2/c21-18(19-16-9-2-1-3-10-16)22-14-13-20-12-6-8-15-7-4-5-11-17(15)20/h1-5,7,9-11H,6,8,12-14H2,(H,19,21). The Bertz CT molecular complexity index is 628. The third kappa shape index (κ3) is 3.58. The molecule has 1 amide bonds. The van der Waals surface area contributed by atoms with Crippen LogP contribution in [-0.2, 0) is 11.2 Å². The molecular weight excluding hydrogens is 276 g/mol. The van der Waals surface area contributed by atoms with Gasteiger partial charge in [-0.25, -0.2) is 4.79 Å². The van der Waals surface area contributed by atoms with Gasteiger partial charge in [0, 0.05) is 17.9 Å². The van der Waals surface area contributed by atoms with Gasteiger partial charge in [0.05, 0.1) is 6.54 Å². The van der Waals surface area contributed by atoms with Crippen LogP contribution in [0.3, 0.4) is 0 Å². The number of amides is 1. The zero-order chi connectivity index (χ0) is 15.2. The second kappa shape index (κ2) is 6.98. The molecule has 0 saturated carbocycles. The molecule has 0 aliphatic carbocycles. The van der Waals surface area contributed by atoms with Gasteiger partial charge in [0.2, 0.25) is 0 Å². The molecule has 22 heavy (non-hydrogen) atoms. The van der Waals surface area contributed by atoms with Crippen molar-refractivity contribution in [3.05, 3.63) is 60.2 Å². The van der Waals surface area contributed by atoms with Crippen LogP contribution in [0.25, 0.3) is 0 Å². The Morgan fingerprint density at radius 1 is 1.09 bits per heavy atom. The summed E-state index contributed by atoms with van der Waals surface area (Å²) in [4.78, 5) is 14.0. The molecule has 1 heterocycles. The number of ether oxygens (including phenoxy) is 1. The number of fused-ring (bicyclic) bond motifs is 1. The lowest BCUT2D eigenvalue weighted by Crippen LogP contribution is -2.33. The highest BCUT2D eigenvalue weighted by Crippen LogP contribution is 2.26. The van der Waals surface area contributed by atoms with Crippen molar-refractivity contribution < 1.29 is 9.53 Å². The van der Waals surface area contributed by atoms with Crippen LogP contribution in [0.5, 0.6) is 0 Å². The van der Waals surface area contributed by atoms with Crippen molar-refractivity contribution in [2.24, 2.45) is 0 Å². The van der Waals surface area contributed by atoms with E-state index in [0.29, 0.717) is 6.61 Å². The van der Waals surface area contributed by atoms with Gasteiger partial charge in [-0.05, 0) is 36.6 Å². The summed E-state index contributed by atoms with van der Waals surface area (Å²) in [6.45, 7) is 2.12. The number of rotatable bonds is 4. The molecule has 3 rings (SSSR count). The Hall–Kier alpha value is -2.49. The van der Waals surface area contributed by atoms with Gasteiger partial charge in [0.15, 0.2) is 0 Å². The first-order valence-electron chi connectivity index (χ1n) is 7.64. The number of nitrogens with one attached hydrogen (secondary N) is 1. The maximum Gasteiger partial charge on any atom is 0.411 e. The molecule has 0 aromatic heterocycles. The molecule has 0 atom stereocenters. The number of hydrogen-bond donors (Lipinski definition) is 1. The van der Waals surface area contributed by atoms with Crippen LogP contribution in [-0.4, -0.2) is 25.8 Å². The number of carbonyl (C=O) groups excluding carboxylic acids is 1. The SMILES string of the molecule is O=C(Nc1ccccc1)OCCN1CCCc2ccccc21. The fourth-order valence-corrected chi connectivity index (χ4v) is 2.77. The summed E-state index contributed by atoms with van der Waals surface area (Å²) in [6, 6.07) is 17.8. The minimum Gasteiger partial charge on any atom is -0.447 e. The van der Waals surface area contributed by atoms with E-state index in [1.807, 2.05) is 30.3 Å². The van der Waals surface area contributed by atoms with E-state index in [9.17, 15) is 4.79 Å². The molecule has 1 N–H and O–H groups in total. The van der Waals surface area contributed by atoms with E-state index in [4.69, 9.17) is 4.74 Å². The van der Waals surface area contributed by atoms with E-state index in [0.717, 1.165) is 31.6 Å². The summed E-state index contributed by atoms with van der Waals surface area (Å²) in [6.07, 6.45) is 1.87. The van der Waals surface area contributed by atoms with Crippen LogP contribution >= 0.6 is 0 Å². The van der Waals surface area contributed by atoms with Crippen LogP contribution in [0, 0.1) is 0 Å². The Labute approximate surface area is 130 Å². The van der Waals surface area contributed by atoms with Crippen molar-refractivity contribution in [3.63, 3.8) is 0 Å². The second-order valence-corrected chi connectivity index (χ2v) is 5.35. The molecule has 4 nitrogen and oxygen atoms in total. The van der Waals surface area contributed by atoms with Gasteiger partial charge < -0.3 is 9.64 Å². The molecular formula is C18H20N2O2. The number of hydrogen-bond acceptors (Lipinski definition) is 3. The molecule has 0 fully saturated rings. The van der Waals surface area contributed by atoms with Crippen LogP contribution in [0.15, 0.2) is 54.6 Å². The molecule has 0 saturated heterocycles. The molecule has 1 aliphatic heterocycles. The summed E-state index contributed by atoms with van der Waals surface area (Å²) in [5.74, 6) is 0. The number of para-hydroxylation sites is 2. The third-order valence-electron chi connectivity index (χ3n) is 3.82. The largest absolute Gasteiger partial charge is 0.447 e. The van der Waals surface area contributed by atoms with E-state index < -0.39 is 6.09 Å². The van der Waals surface area contributed by atoms with Gasteiger partial charge in [-0.3, -0.25) is 5.32 Å². The Morgan fingerprint density at radius 3 is 2.73 bits per heavy atom. The quantitative estimate of drug-likeness (QED) is 0.935. The third-order valence-corrected chi connectivity index (χ3v) is 3.82. The minimum absolute atomic E-state index is 0.382. The van der Waals surface area contributed by atoms with Crippen molar-refractivity contribution in [1.29, 1.82) is 0 Å². The predicted octanol–water partition coefficient (Wildman–Crippen LogP) is 3.69. The van der Waals surface area contributed by atoms with Crippen molar-refractivity contribution in [2.75, 3.05) is 29.9 Å². The monoisotopic (exact) mass is 296 g/mol. The molecule has 0 bridgehead atoms. The molecule has 0 radical (unpaired) electrons. The highest BCUT2D eigenvalue weighted by Gasteiger charge is 2.16. The number of carbonyl (C=O) groups is 1. The van der Waals surface area contributed by atoms with Crippen LogP contribution < -0.4 is 10.2 Å². The van der Waals surface area contributed by atoms with Gasteiger partial charge in [0.25, 0.3) is 0 Å². The smallest absolute Gasteiger partial charge is 0.411 e. The molecule has 0 unspecified atom stereocenters. The Kier molecular flexibility index (Phi) is 4.59. The summed E-state index contributed by atoms with van der Waals surface area (Å²) >= 11 is 0. The summed E-state index contributed by atoms with van der Waals surface area (Å²) in [5.41, 5.74) is 3.39. The zero-order valence-corrected chi connectivity index (χ0v) is 12.5. The molecule has 2 aromatic carbocycles. The second-order valence-electron chi connectivity index (χ2n) is 5.35. The van der Waals surface area contributed by atoms with Crippen molar-refractivity contribution >= 4 is 17.5 Å². The lowest BCUT2D eigenvalue weighted by atomic mass is 10.0. The zero-order valence-electron chi connectivity index (χ0n) is 12.5. The first-order valence-corrected chi connectivity index (χ1v) is 7.64. The van der Waals surface area contributed by atoms with Crippen molar-refractivity contribution in [1.82, 2.24) is 0 Å². The lowest BCUT2D eigenvalue weighted by molar-refractivity contribution is 0.164. The van der Waals surface area contributed by atoms with Gasteiger partial charge >= 0.3 is 6.09 Å². The van der Waals surface area contributed by atoms with Gasteiger partial charge in [-0.2, -0.15) is 0 Å². The van der Waals surface area contributed by atoms with E-state index in [1.165, 1.54) is 11.3 Å². The summed E-state index contributed by atoms with van der Waals surface area (Å²) < 4.78 is 5.27. The van der Waals surface area contributed by atoms with Crippen LogP contribution in [0.1, 0.15) is 12.0 Å². The highest BCUT2D eigenvalue weighted by molar-refractivity contribution is 5.84. The van der Waals surface area contributed by atoms with E-state index in [1.54, 1.807) is 0 Å². The topological polar surface area (TPSA) is 41.6 Å². The average molecular weight is 296 g/mol. The number of anilines is 2. The molecule has 0 spiro atoms. The average Bonchev–Trinajstić information content (AvgIpc) is 2.56. The Morgan fingerprint density at radius 2 is 1.86 bits per heavy atom. The normalized spacial score (nSPS) is 13.4. The van der Waals surface area contributed by atoms with Crippen LogP contribution in [0.2, 0.25) is 0 Å². The molecule has 114 valence electrons. The summed E-state index contributed by atoms with van der Waals surface area (Å²) in [7, 11) is 0. The van der Waals surface area contributed by atoms with Crippen LogP contribution in [0.4, 0.5) is 16.2 Å². The molecule has 2 aromatic rings. The van der Waals surface area contributed by atoms with Crippen molar-refractivity contribution in [3.8, 4) is 0 Å². The number of aryl methyl sites for hydroxylation is 1. The molecule has 1 aliphatic rings. The fourth-order valence-electron chi connectivity index (χ4n) is 2.77. The maximum atomic E-state index is 11.7. The van der Waals surface area contributed by atoms with E-state index in [2.05, 4.69) is 34.5 Å². The van der Waals surface area contributed by atoms with Gasteiger partial charge in [-0.1, -0.05) is 36.4 Å². The first kappa shape index (κ1) is 14.4. The Balaban J connectivity index is 1.49. The highest BCUT2D eigenvalue weighted by atomic mass is 16.5. The fraction of sp³-hybridized carbons (Fsp3) is 0.278. The van der Waals surface area contributed by atoms with Gasteiger partial charge in [-0.15, -0.1) is 0 Å². The van der Waals surface area contributed by atoms with Crippen molar-refractivity contribution in [2.45, 2.75) is 12.8 Å². The number of benzene rings is 2. The van der Waals surface area contributed by atoms with E-state index >= 15 is 0 Å². The summed E-state index contributed by atoms with van der Waals surface area (Å²) in [5, 5.41) is 2.72. The molecule has 4 heteroatoms. The van der Waals surface area contributed by atoms with E-state index in [-0.39, 0.29) is 0 Å². The van der Waals surface area contributed by atoms with Gasteiger partial charge in [0.1, 0.15) is 6.61 Å². The predicted molar refractivity (Wildman–Crippen MR) is 88.4 cm³/mol.